The molecule has 194 valence electrons. The summed E-state index contributed by atoms with van der Waals surface area (Å²) in [5.41, 5.74) is 0.539. The molecule has 11 heteroatoms. The molecule has 1 N–H and O–H groups in total. The summed E-state index contributed by atoms with van der Waals surface area (Å²) in [6.07, 6.45) is 1.87. The second kappa shape index (κ2) is 11.8. The van der Waals surface area contributed by atoms with Crippen LogP contribution in [0.25, 0.3) is 0 Å². The van der Waals surface area contributed by atoms with Crippen LogP contribution in [-0.2, 0) is 19.6 Å². The molecule has 0 unspecified atom stereocenters. The number of nitrogens with one attached hydrogen (secondary N) is 1. The predicted molar refractivity (Wildman–Crippen MR) is 141 cm³/mol. The Balaban J connectivity index is 1.61. The van der Waals surface area contributed by atoms with Crippen LogP contribution in [0.3, 0.4) is 0 Å². The first-order valence-electron chi connectivity index (χ1n) is 11.5. The number of thioether (sulfide) groups is 1. The van der Waals surface area contributed by atoms with Gasteiger partial charge in [-0.3, -0.25) is 13.9 Å². The highest BCUT2D eigenvalue weighted by molar-refractivity contribution is 7.98. The third-order valence-electron chi connectivity index (χ3n) is 5.76. The molecule has 1 fully saturated rings. The zero-order valence-electron chi connectivity index (χ0n) is 20.1. The van der Waals surface area contributed by atoms with Gasteiger partial charge in [0.2, 0.25) is 5.91 Å². The topological polar surface area (TPSA) is 96.0 Å². The SMILES string of the molecule is CSc1ccc(S(=O)(=O)N(CC(=O)Nc2ccccc2C(=O)N2CCOCC2)c2cccc(F)c2)cc1. The molecule has 0 bridgehead atoms. The first-order valence-corrected chi connectivity index (χ1v) is 14.1. The normalized spacial score (nSPS) is 13.7. The quantitative estimate of drug-likeness (QED) is 0.434. The number of halogens is 1. The van der Waals surface area contributed by atoms with Crippen LogP contribution in [0.1, 0.15) is 10.4 Å². The van der Waals surface area contributed by atoms with Gasteiger partial charge in [-0.25, -0.2) is 12.8 Å². The van der Waals surface area contributed by atoms with Gasteiger partial charge in [0.15, 0.2) is 0 Å². The molecule has 1 aliphatic heterocycles. The van der Waals surface area contributed by atoms with Crippen LogP contribution in [0, 0.1) is 5.82 Å². The molecule has 0 aromatic heterocycles. The number of amides is 2. The Morgan fingerprint density at radius 3 is 2.41 bits per heavy atom. The molecule has 1 heterocycles. The van der Waals surface area contributed by atoms with E-state index in [1.165, 1.54) is 42.1 Å². The van der Waals surface area contributed by atoms with Gasteiger partial charge in [-0.15, -0.1) is 11.8 Å². The van der Waals surface area contributed by atoms with Gasteiger partial charge >= 0.3 is 0 Å². The molecule has 0 radical (unpaired) electrons. The van der Waals surface area contributed by atoms with Crippen LogP contribution in [-0.4, -0.2) is 64.2 Å². The summed E-state index contributed by atoms with van der Waals surface area (Å²) in [7, 11) is -4.22. The minimum atomic E-state index is -4.22. The lowest BCUT2D eigenvalue weighted by Gasteiger charge is -2.28. The average Bonchev–Trinajstić information content (AvgIpc) is 2.92. The lowest BCUT2D eigenvalue weighted by Crippen LogP contribution is -2.41. The summed E-state index contributed by atoms with van der Waals surface area (Å²) in [6.45, 7) is 1.09. The number of para-hydroxylation sites is 1. The van der Waals surface area contributed by atoms with Gasteiger partial charge in [-0.2, -0.15) is 0 Å². The van der Waals surface area contributed by atoms with Gasteiger partial charge in [0.25, 0.3) is 15.9 Å². The van der Waals surface area contributed by atoms with Crippen molar-refractivity contribution < 1.29 is 27.1 Å². The number of benzene rings is 3. The lowest BCUT2D eigenvalue weighted by molar-refractivity contribution is -0.114. The number of carbonyl (C=O) groups excluding carboxylic acids is 2. The molecule has 1 aliphatic rings. The second-order valence-corrected chi connectivity index (χ2v) is 10.9. The van der Waals surface area contributed by atoms with Crippen LogP contribution < -0.4 is 9.62 Å². The van der Waals surface area contributed by atoms with Gasteiger partial charge in [0, 0.05) is 18.0 Å². The van der Waals surface area contributed by atoms with Gasteiger partial charge in [0.05, 0.1) is 35.0 Å². The number of hydrogen-bond acceptors (Lipinski definition) is 6. The van der Waals surface area contributed by atoms with E-state index >= 15 is 0 Å². The highest BCUT2D eigenvalue weighted by atomic mass is 32.2. The fraction of sp³-hybridized carbons (Fsp3) is 0.231. The number of anilines is 2. The summed E-state index contributed by atoms with van der Waals surface area (Å²) in [5.74, 6) is -1.59. The third-order valence-corrected chi connectivity index (χ3v) is 8.29. The first-order chi connectivity index (χ1) is 17.8. The third kappa shape index (κ3) is 6.30. The summed E-state index contributed by atoms with van der Waals surface area (Å²) in [6, 6.07) is 17.8. The van der Waals surface area contributed by atoms with E-state index in [1.807, 2.05) is 6.26 Å². The number of hydrogen-bond donors (Lipinski definition) is 1. The first kappa shape index (κ1) is 26.6. The van der Waals surface area contributed by atoms with Crippen molar-refractivity contribution in [2.24, 2.45) is 0 Å². The lowest BCUT2D eigenvalue weighted by atomic mass is 10.1. The van der Waals surface area contributed by atoms with Gasteiger partial charge in [0.1, 0.15) is 12.4 Å². The highest BCUT2D eigenvalue weighted by Crippen LogP contribution is 2.26. The minimum absolute atomic E-state index is 0.00164. The maximum absolute atomic E-state index is 14.0. The maximum atomic E-state index is 14.0. The standard InChI is InChI=1S/C26H26FN3O5S2/c1-36-21-9-11-22(12-10-21)37(33,34)30(20-6-4-5-19(27)17-20)18-25(31)28-24-8-3-2-7-23(24)26(32)29-13-15-35-16-14-29/h2-12,17H,13-16,18H2,1H3,(H,28,31). The van der Waals surface area contributed by atoms with Crippen molar-refractivity contribution in [1.82, 2.24) is 4.90 Å². The maximum Gasteiger partial charge on any atom is 0.264 e. The van der Waals surface area contributed by atoms with Gasteiger partial charge in [-0.1, -0.05) is 18.2 Å². The minimum Gasteiger partial charge on any atom is -0.378 e. The number of sulfonamides is 1. The zero-order valence-corrected chi connectivity index (χ0v) is 21.7. The highest BCUT2D eigenvalue weighted by Gasteiger charge is 2.28. The molecular formula is C26H26FN3O5S2. The average molecular weight is 544 g/mol. The Morgan fingerprint density at radius 1 is 1.03 bits per heavy atom. The van der Waals surface area contributed by atoms with Crippen molar-refractivity contribution in [1.29, 1.82) is 0 Å². The van der Waals surface area contributed by atoms with Crippen molar-refractivity contribution in [2.75, 3.05) is 48.7 Å². The van der Waals surface area contributed by atoms with E-state index < -0.39 is 28.3 Å². The molecule has 0 aliphatic carbocycles. The molecule has 2 amide bonds. The van der Waals surface area contributed by atoms with Crippen molar-refractivity contribution in [3.63, 3.8) is 0 Å². The Morgan fingerprint density at radius 2 is 1.73 bits per heavy atom. The van der Waals surface area contributed by atoms with E-state index in [0.717, 1.165) is 15.3 Å². The smallest absolute Gasteiger partial charge is 0.264 e. The summed E-state index contributed by atoms with van der Waals surface area (Å²) >= 11 is 1.46. The van der Waals surface area contributed by atoms with E-state index in [-0.39, 0.29) is 27.7 Å². The number of ether oxygens (including phenoxy) is 1. The van der Waals surface area contributed by atoms with Crippen LogP contribution in [0.15, 0.2) is 82.6 Å². The number of morpholine rings is 1. The molecule has 3 aromatic rings. The van der Waals surface area contributed by atoms with Gasteiger partial charge in [-0.05, 0) is 60.9 Å². The molecule has 3 aromatic carbocycles. The molecule has 4 rings (SSSR count). The Kier molecular flexibility index (Phi) is 8.47. The van der Waals surface area contributed by atoms with Gasteiger partial charge < -0.3 is 15.0 Å². The largest absolute Gasteiger partial charge is 0.378 e. The van der Waals surface area contributed by atoms with Crippen LogP contribution in [0.2, 0.25) is 0 Å². The number of carbonyl (C=O) groups is 2. The fourth-order valence-corrected chi connectivity index (χ4v) is 5.68. The Labute approximate surface area is 219 Å². The van der Waals surface area contributed by atoms with E-state index in [0.29, 0.717) is 26.3 Å². The number of nitrogens with zero attached hydrogens (tertiary/aromatic N) is 2. The van der Waals surface area contributed by atoms with E-state index in [9.17, 15) is 22.4 Å². The predicted octanol–water partition coefficient (Wildman–Crippen LogP) is 3.85. The Hall–Kier alpha value is -3.41. The molecule has 0 saturated carbocycles. The van der Waals surface area contributed by atoms with E-state index in [2.05, 4.69) is 5.32 Å². The molecule has 0 atom stereocenters. The monoisotopic (exact) mass is 543 g/mol. The van der Waals surface area contributed by atoms with Crippen molar-refractivity contribution >= 4 is 45.0 Å². The molecular weight excluding hydrogens is 517 g/mol. The fourth-order valence-electron chi connectivity index (χ4n) is 3.86. The summed E-state index contributed by atoms with van der Waals surface area (Å²) in [5, 5.41) is 2.67. The van der Waals surface area contributed by atoms with Crippen molar-refractivity contribution in [2.45, 2.75) is 9.79 Å². The van der Waals surface area contributed by atoms with Crippen LogP contribution in [0.4, 0.5) is 15.8 Å². The summed E-state index contributed by atoms with van der Waals surface area (Å²) < 4.78 is 47.3. The molecule has 8 nitrogen and oxygen atoms in total. The zero-order chi connectivity index (χ0) is 26.4. The van der Waals surface area contributed by atoms with Crippen molar-refractivity contribution in [3.05, 3.63) is 84.2 Å². The van der Waals surface area contributed by atoms with Crippen molar-refractivity contribution in [3.8, 4) is 0 Å². The second-order valence-electron chi connectivity index (χ2n) is 8.17. The van der Waals surface area contributed by atoms with Crippen LogP contribution in [0.5, 0.6) is 0 Å². The molecule has 1 saturated heterocycles. The molecule has 0 spiro atoms. The molecule has 37 heavy (non-hydrogen) atoms. The van der Waals surface area contributed by atoms with E-state index in [1.54, 1.807) is 41.3 Å². The van der Waals surface area contributed by atoms with Crippen LogP contribution >= 0.6 is 11.8 Å². The summed E-state index contributed by atoms with van der Waals surface area (Å²) in [4.78, 5) is 28.7. The Bertz CT molecular complexity index is 1380. The number of rotatable bonds is 8. The van der Waals surface area contributed by atoms with E-state index in [4.69, 9.17) is 4.74 Å².